The Balaban J connectivity index is 1.58. The molecule has 3 aromatic rings. The molecular formula is C17H16N4O3. The van der Waals surface area contributed by atoms with Gasteiger partial charge in [0.05, 0.1) is 20.4 Å². The number of hydrogen-bond acceptors (Lipinski definition) is 7. The Morgan fingerprint density at radius 3 is 2.79 bits per heavy atom. The van der Waals surface area contributed by atoms with E-state index in [1.165, 1.54) is 0 Å². The van der Waals surface area contributed by atoms with E-state index in [0.717, 1.165) is 23.5 Å². The van der Waals surface area contributed by atoms with Gasteiger partial charge < -0.3 is 14.0 Å². The Hall–Kier alpha value is -2.96. The van der Waals surface area contributed by atoms with E-state index < -0.39 is 0 Å². The van der Waals surface area contributed by atoms with Crippen molar-refractivity contribution in [3.8, 4) is 23.0 Å². The molecule has 7 heteroatoms. The molecule has 24 heavy (non-hydrogen) atoms. The predicted molar refractivity (Wildman–Crippen MR) is 85.0 cm³/mol. The van der Waals surface area contributed by atoms with E-state index in [4.69, 9.17) is 14.0 Å². The van der Waals surface area contributed by atoms with Crippen LogP contribution >= 0.6 is 0 Å². The van der Waals surface area contributed by atoms with Crippen LogP contribution in [0.2, 0.25) is 0 Å². The molecule has 0 aliphatic heterocycles. The molecule has 0 amide bonds. The molecule has 1 aromatic carbocycles. The standard InChI is InChI=1S/C17H16N4O3/c1-22-10-3-4-15(23-2)12(7-10)11-8-13(11)17-20-16(21-24-17)14-9-18-5-6-19-14/h3-7,9,11,13H,8H2,1-2H3/t11-,13+/m1/s1. The molecule has 0 spiro atoms. The van der Waals surface area contributed by atoms with Crippen molar-refractivity contribution in [2.45, 2.75) is 18.3 Å². The minimum Gasteiger partial charge on any atom is -0.497 e. The number of aromatic nitrogens is 4. The summed E-state index contributed by atoms with van der Waals surface area (Å²) in [6.07, 6.45) is 5.76. The second kappa shape index (κ2) is 5.92. The smallest absolute Gasteiger partial charge is 0.230 e. The fourth-order valence-electron chi connectivity index (χ4n) is 2.85. The second-order valence-electron chi connectivity index (χ2n) is 5.60. The average Bonchev–Trinajstić information content (AvgIpc) is 3.29. The molecule has 1 aliphatic carbocycles. The largest absolute Gasteiger partial charge is 0.497 e. The fraction of sp³-hybridized carbons (Fsp3) is 0.294. The van der Waals surface area contributed by atoms with Gasteiger partial charge in [0.15, 0.2) is 0 Å². The molecule has 122 valence electrons. The fourth-order valence-corrected chi connectivity index (χ4v) is 2.85. The normalized spacial score (nSPS) is 19.1. The molecule has 0 N–H and O–H groups in total. The summed E-state index contributed by atoms with van der Waals surface area (Å²) in [7, 11) is 3.32. The first kappa shape index (κ1) is 14.6. The van der Waals surface area contributed by atoms with E-state index in [1.54, 1.807) is 32.8 Å². The van der Waals surface area contributed by atoms with Crippen molar-refractivity contribution in [1.82, 2.24) is 20.1 Å². The van der Waals surface area contributed by atoms with Crippen LogP contribution in [0.25, 0.3) is 11.5 Å². The van der Waals surface area contributed by atoms with Crippen molar-refractivity contribution in [2.75, 3.05) is 14.2 Å². The van der Waals surface area contributed by atoms with Crippen molar-refractivity contribution < 1.29 is 14.0 Å². The van der Waals surface area contributed by atoms with Crippen LogP contribution in [0.4, 0.5) is 0 Å². The molecule has 0 bridgehead atoms. The van der Waals surface area contributed by atoms with Gasteiger partial charge in [0.1, 0.15) is 17.2 Å². The third kappa shape index (κ3) is 2.58. The molecule has 2 aromatic heterocycles. The molecule has 0 unspecified atom stereocenters. The Bertz CT molecular complexity index is 850. The third-order valence-corrected chi connectivity index (χ3v) is 4.18. The van der Waals surface area contributed by atoms with Gasteiger partial charge in [-0.05, 0) is 24.6 Å². The van der Waals surface area contributed by atoms with Gasteiger partial charge in [-0.25, -0.2) is 4.98 Å². The number of nitrogens with zero attached hydrogens (tertiary/aromatic N) is 4. The maximum absolute atomic E-state index is 5.46. The van der Waals surface area contributed by atoms with Gasteiger partial charge in [0, 0.05) is 29.8 Å². The van der Waals surface area contributed by atoms with Gasteiger partial charge in [0.25, 0.3) is 0 Å². The number of ether oxygens (including phenoxy) is 2. The van der Waals surface area contributed by atoms with Crippen molar-refractivity contribution in [3.63, 3.8) is 0 Å². The van der Waals surface area contributed by atoms with Crippen LogP contribution in [-0.4, -0.2) is 34.3 Å². The van der Waals surface area contributed by atoms with Crippen molar-refractivity contribution >= 4 is 0 Å². The third-order valence-electron chi connectivity index (χ3n) is 4.18. The zero-order valence-electron chi connectivity index (χ0n) is 13.3. The first-order valence-electron chi connectivity index (χ1n) is 7.62. The number of methoxy groups -OCH3 is 2. The van der Waals surface area contributed by atoms with Crippen molar-refractivity contribution in [3.05, 3.63) is 48.2 Å². The van der Waals surface area contributed by atoms with E-state index in [0.29, 0.717) is 17.4 Å². The summed E-state index contributed by atoms with van der Waals surface area (Å²) in [6, 6.07) is 5.81. The van der Waals surface area contributed by atoms with E-state index in [9.17, 15) is 0 Å². The summed E-state index contributed by atoms with van der Waals surface area (Å²) >= 11 is 0. The molecule has 4 rings (SSSR count). The number of hydrogen-bond donors (Lipinski definition) is 0. The van der Waals surface area contributed by atoms with Gasteiger partial charge in [0.2, 0.25) is 11.7 Å². The van der Waals surface area contributed by atoms with E-state index >= 15 is 0 Å². The van der Waals surface area contributed by atoms with Gasteiger partial charge in [-0.3, -0.25) is 4.98 Å². The lowest BCUT2D eigenvalue weighted by molar-refractivity contribution is 0.376. The molecule has 1 fully saturated rings. The molecule has 2 heterocycles. The van der Waals surface area contributed by atoms with Crippen LogP contribution in [0.3, 0.4) is 0 Å². The Kier molecular flexibility index (Phi) is 3.60. The quantitative estimate of drug-likeness (QED) is 0.713. The van der Waals surface area contributed by atoms with Crippen molar-refractivity contribution in [1.29, 1.82) is 0 Å². The Labute approximate surface area is 138 Å². The van der Waals surface area contributed by atoms with E-state index in [-0.39, 0.29) is 11.8 Å². The number of benzene rings is 1. The summed E-state index contributed by atoms with van der Waals surface area (Å²) in [5.41, 5.74) is 1.70. The first-order valence-corrected chi connectivity index (χ1v) is 7.62. The minimum absolute atomic E-state index is 0.184. The molecule has 2 atom stereocenters. The maximum atomic E-state index is 5.46. The summed E-state index contributed by atoms with van der Waals surface area (Å²) < 4.78 is 16.2. The zero-order chi connectivity index (χ0) is 16.5. The van der Waals surface area contributed by atoms with Gasteiger partial charge in [-0.2, -0.15) is 4.98 Å². The van der Waals surface area contributed by atoms with Crippen LogP contribution in [0, 0.1) is 0 Å². The highest BCUT2D eigenvalue weighted by atomic mass is 16.5. The van der Waals surface area contributed by atoms with E-state index in [2.05, 4.69) is 20.1 Å². The van der Waals surface area contributed by atoms with Gasteiger partial charge in [-0.15, -0.1) is 0 Å². The second-order valence-corrected chi connectivity index (χ2v) is 5.60. The van der Waals surface area contributed by atoms with Crippen LogP contribution in [-0.2, 0) is 0 Å². The molecule has 1 aliphatic rings. The summed E-state index contributed by atoms with van der Waals surface area (Å²) in [5, 5.41) is 4.01. The SMILES string of the molecule is COc1ccc(OC)c([C@H]2C[C@@H]2c2nc(-c3cnccn3)no2)c1. The minimum atomic E-state index is 0.184. The van der Waals surface area contributed by atoms with Crippen LogP contribution < -0.4 is 9.47 Å². The highest BCUT2D eigenvalue weighted by Crippen LogP contribution is 2.56. The molecule has 7 nitrogen and oxygen atoms in total. The molecule has 1 saturated carbocycles. The average molecular weight is 324 g/mol. The monoisotopic (exact) mass is 324 g/mol. The topological polar surface area (TPSA) is 83.2 Å². The predicted octanol–water partition coefficient (Wildman–Crippen LogP) is 2.81. The molecule has 0 radical (unpaired) electrons. The van der Waals surface area contributed by atoms with Gasteiger partial charge in [-0.1, -0.05) is 5.16 Å². The highest BCUT2D eigenvalue weighted by molar-refractivity contribution is 5.48. The molecular weight excluding hydrogens is 308 g/mol. The Morgan fingerprint density at radius 2 is 2.04 bits per heavy atom. The Morgan fingerprint density at radius 1 is 1.12 bits per heavy atom. The zero-order valence-corrected chi connectivity index (χ0v) is 13.3. The highest BCUT2D eigenvalue weighted by Gasteiger charge is 2.45. The lowest BCUT2D eigenvalue weighted by Crippen LogP contribution is -1.93. The summed E-state index contributed by atoms with van der Waals surface area (Å²) in [5.74, 6) is 3.19. The van der Waals surface area contributed by atoms with Gasteiger partial charge >= 0.3 is 0 Å². The molecule has 0 saturated heterocycles. The first-order chi connectivity index (χ1) is 11.8. The summed E-state index contributed by atoms with van der Waals surface area (Å²) in [4.78, 5) is 12.7. The van der Waals surface area contributed by atoms with Crippen LogP contribution in [0.15, 0.2) is 41.3 Å². The lowest BCUT2D eigenvalue weighted by Gasteiger charge is -2.09. The van der Waals surface area contributed by atoms with Crippen molar-refractivity contribution in [2.24, 2.45) is 0 Å². The van der Waals surface area contributed by atoms with Crippen LogP contribution in [0.1, 0.15) is 29.7 Å². The number of rotatable bonds is 5. The summed E-state index contributed by atoms with van der Waals surface area (Å²) in [6.45, 7) is 0. The van der Waals surface area contributed by atoms with E-state index in [1.807, 2.05) is 18.2 Å². The maximum Gasteiger partial charge on any atom is 0.230 e. The van der Waals surface area contributed by atoms with Crippen LogP contribution in [0.5, 0.6) is 11.5 Å². The lowest BCUT2D eigenvalue weighted by atomic mass is 10.1.